The van der Waals surface area contributed by atoms with Crippen molar-refractivity contribution in [2.75, 3.05) is 19.6 Å². The molecule has 48 valence electrons. The molecular weight excluding hydrogens is 110 g/mol. The molecule has 0 aromatic rings. The Morgan fingerprint density at radius 2 is 1.25 bits per heavy atom. The van der Waals surface area contributed by atoms with Crippen molar-refractivity contribution >= 4 is 23.1 Å². The van der Waals surface area contributed by atoms with Gasteiger partial charge in [0.25, 0.3) is 0 Å². The number of nitrogens with zero attached hydrogens (tertiary/aromatic N) is 1. The van der Waals surface area contributed by atoms with Gasteiger partial charge in [-0.1, -0.05) is 20.8 Å². The van der Waals surface area contributed by atoms with E-state index < -0.39 is 0 Å². The molecule has 0 spiro atoms. The SMILES string of the molecule is CCN(CC)CC.[H-].[H-].[Mg+2]. The number of hydrogen-bond acceptors (Lipinski definition) is 1. The van der Waals surface area contributed by atoms with Crippen LogP contribution in [0, 0.1) is 0 Å². The van der Waals surface area contributed by atoms with Gasteiger partial charge in [0.1, 0.15) is 0 Å². The molecular formula is C6H17MgN. The first-order valence-electron chi connectivity index (χ1n) is 3.07. The molecule has 0 amide bonds. The molecule has 0 aromatic heterocycles. The average Bonchev–Trinajstić information content (AvgIpc) is 1.72. The molecule has 1 nitrogen and oxygen atoms in total. The van der Waals surface area contributed by atoms with Crippen molar-refractivity contribution in [2.45, 2.75) is 20.8 Å². The van der Waals surface area contributed by atoms with Gasteiger partial charge in [0.15, 0.2) is 0 Å². The van der Waals surface area contributed by atoms with Gasteiger partial charge in [-0.15, -0.1) is 0 Å². The predicted octanol–water partition coefficient (Wildman–Crippen LogP) is 1.19. The standard InChI is InChI=1S/C6H15N.Mg.2H/c1-4-7(5-2)6-3;;;/h4-6H2,1-3H3;;;/q;+2;2*-1. The number of rotatable bonds is 3. The van der Waals surface area contributed by atoms with Crippen LogP contribution in [-0.4, -0.2) is 47.6 Å². The fraction of sp³-hybridized carbons (Fsp3) is 1.00. The van der Waals surface area contributed by atoms with Gasteiger partial charge < -0.3 is 7.75 Å². The molecule has 0 saturated carbocycles. The van der Waals surface area contributed by atoms with Crippen LogP contribution >= 0.6 is 0 Å². The predicted molar refractivity (Wildman–Crippen MR) is 41.4 cm³/mol. The van der Waals surface area contributed by atoms with Gasteiger partial charge in [0.05, 0.1) is 0 Å². The van der Waals surface area contributed by atoms with Crippen molar-refractivity contribution in [2.24, 2.45) is 0 Å². The normalized spacial score (nSPS) is 9.00. The Hall–Kier alpha value is 0.726. The van der Waals surface area contributed by atoms with E-state index in [2.05, 4.69) is 25.7 Å². The van der Waals surface area contributed by atoms with E-state index in [-0.39, 0.29) is 25.9 Å². The van der Waals surface area contributed by atoms with Crippen LogP contribution in [0.5, 0.6) is 0 Å². The van der Waals surface area contributed by atoms with E-state index in [0.29, 0.717) is 0 Å². The smallest absolute Gasteiger partial charge is 1.00 e. The molecule has 0 radical (unpaired) electrons. The van der Waals surface area contributed by atoms with Crippen LogP contribution in [0.2, 0.25) is 0 Å². The molecule has 0 aliphatic heterocycles. The molecule has 0 atom stereocenters. The van der Waals surface area contributed by atoms with E-state index in [1.54, 1.807) is 0 Å². The Bertz CT molecular complexity index is 37.2. The molecule has 0 aliphatic carbocycles. The Morgan fingerprint density at radius 1 is 1.00 bits per heavy atom. The summed E-state index contributed by atoms with van der Waals surface area (Å²) in [5.41, 5.74) is 0. The quantitative estimate of drug-likeness (QED) is 0.515. The minimum absolute atomic E-state index is 0. The molecule has 2 heteroatoms. The molecule has 0 heterocycles. The molecule has 0 aliphatic rings. The van der Waals surface area contributed by atoms with Gasteiger partial charge in [0, 0.05) is 0 Å². The molecule has 0 N–H and O–H groups in total. The van der Waals surface area contributed by atoms with Gasteiger partial charge >= 0.3 is 23.1 Å². The van der Waals surface area contributed by atoms with Gasteiger partial charge in [0.2, 0.25) is 0 Å². The van der Waals surface area contributed by atoms with Gasteiger partial charge in [-0.25, -0.2) is 0 Å². The summed E-state index contributed by atoms with van der Waals surface area (Å²) in [6, 6.07) is 0. The van der Waals surface area contributed by atoms with E-state index >= 15 is 0 Å². The molecule has 0 fully saturated rings. The Kier molecular flexibility index (Phi) is 11.1. The van der Waals surface area contributed by atoms with Gasteiger partial charge in [-0.05, 0) is 19.6 Å². The van der Waals surface area contributed by atoms with Crippen LogP contribution in [0.15, 0.2) is 0 Å². The first-order valence-corrected chi connectivity index (χ1v) is 3.07. The molecule has 0 saturated heterocycles. The van der Waals surface area contributed by atoms with Gasteiger partial charge in [-0.3, -0.25) is 0 Å². The van der Waals surface area contributed by atoms with Crippen LogP contribution in [0.25, 0.3) is 0 Å². The van der Waals surface area contributed by atoms with Gasteiger partial charge in [-0.2, -0.15) is 0 Å². The third-order valence-corrected chi connectivity index (χ3v) is 1.34. The zero-order chi connectivity index (χ0) is 5.70. The Morgan fingerprint density at radius 3 is 1.25 bits per heavy atom. The summed E-state index contributed by atoms with van der Waals surface area (Å²) in [4.78, 5) is 2.38. The van der Waals surface area contributed by atoms with Crippen molar-refractivity contribution in [3.8, 4) is 0 Å². The minimum Gasteiger partial charge on any atom is -1.00 e. The van der Waals surface area contributed by atoms with E-state index in [1.807, 2.05) is 0 Å². The Balaban J connectivity index is -0.0000000600. The van der Waals surface area contributed by atoms with Crippen molar-refractivity contribution in [3.63, 3.8) is 0 Å². The van der Waals surface area contributed by atoms with Crippen molar-refractivity contribution in [1.29, 1.82) is 0 Å². The first kappa shape index (κ1) is 11.5. The zero-order valence-corrected chi connectivity index (χ0v) is 7.69. The summed E-state index contributed by atoms with van der Waals surface area (Å²) in [5.74, 6) is 0. The summed E-state index contributed by atoms with van der Waals surface area (Å²) in [6.45, 7) is 10.1. The maximum Gasteiger partial charge on any atom is 2.00 e. The third-order valence-electron chi connectivity index (χ3n) is 1.34. The van der Waals surface area contributed by atoms with Crippen molar-refractivity contribution < 1.29 is 2.85 Å². The second-order valence-corrected chi connectivity index (χ2v) is 1.62. The fourth-order valence-corrected chi connectivity index (χ4v) is 0.671. The van der Waals surface area contributed by atoms with Crippen molar-refractivity contribution in [3.05, 3.63) is 0 Å². The van der Waals surface area contributed by atoms with Crippen LogP contribution in [-0.2, 0) is 0 Å². The monoisotopic (exact) mass is 127 g/mol. The maximum atomic E-state index is 2.38. The van der Waals surface area contributed by atoms with E-state index in [0.717, 1.165) is 0 Å². The Labute approximate surface area is 71.6 Å². The van der Waals surface area contributed by atoms with E-state index in [9.17, 15) is 0 Å². The summed E-state index contributed by atoms with van der Waals surface area (Å²) in [7, 11) is 0. The van der Waals surface area contributed by atoms with Crippen LogP contribution in [0.4, 0.5) is 0 Å². The minimum atomic E-state index is 0. The van der Waals surface area contributed by atoms with Crippen LogP contribution in [0.3, 0.4) is 0 Å². The van der Waals surface area contributed by atoms with Crippen LogP contribution < -0.4 is 0 Å². The molecule has 8 heavy (non-hydrogen) atoms. The summed E-state index contributed by atoms with van der Waals surface area (Å²) >= 11 is 0. The fourth-order valence-electron chi connectivity index (χ4n) is 0.671. The van der Waals surface area contributed by atoms with Crippen molar-refractivity contribution in [1.82, 2.24) is 4.90 Å². The largest absolute Gasteiger partial charge is 2.00 e. The summed E-state index contributed by atoms with van der Waals surface area (Å²) in [6.07, 6.45) is 0. The third kappa shape index (κ3) is 4.87. The molecule has 0 rings (SSSR count). The first-order chi connectivity index (χ1) is 3.35. The molecule has 0 aromatic carbocycles. The summed E-state index contributed by atoms with van der Waals surface area (Å²) in [5, 5.41) is 0. The summed E-state index contributed by atoms with van der Waals surface area (Å²) < 4.78 is 0. The van der Waals surface area contributed by atoms with E-state index in [1.165, 1.54) is 19.6 Å². The topological polar surface area (TPSA) is 3.24 Å². The second-order valence-electron chi connectivity index (χ2n) is 1.62. The number of hydrogen-bond donors (Lipinski definition) is 0. The zero-order valence-electron chi connectivity index (χ0n) is 8.28. The molecule has 0 bridgehead atoms. The maximum absolute atomic E-state index is 2.38. The second kappa shape index (κ2) is 7.73. The van der Waals surface area contributed by atoms with Crippen LogP contribution in [0.1, 0.15) is 23.6 Å². The average molecular weight is 128 g/mol. The van der Waals surface area contributed by atoms with E-state index in [4.69, 9.17) is 0 Å². The molecule has 0 unspecified atom stereocenters.